The lowest BCUT2D eigenvalue weighted by molar-refractivity contribution is -0.142. The highest BCUT2D eigenvalue weighted by Gasteiger charge is 2.64. The van der Waals surface area contributed by atoms with E-state index in [2.05, 4.69) is 36.3 Å². The Labute approximate surface area is 223 Å². The summed E-state index contributed by atoms with van der Waals surface area (Å²) in [7, 11) is 0. The van der Waals surface area contributed by atoms with E-state index < -0.39 is 23.2 Å². The lowest BCUT2D eigenvalue weighted by Gasteiger charge is -2.44. The molecule has 198 valence electrons. The number of amides is 1. The molecule has 2 aromatic rings. The summed E-state index contributed by atoms with van der Waals surface area (Å²) >= 11 is 0. The number of H-pyrrole nitrogens is 1. The zero-order chi connectivity index (χ0) is 27.2. The molecule has 3 N–H and O–H groups in total. The Morgan fingerprint density at radius 1 is 1.03 bits per heavy atom. The van der Waals surface area contributed by atoms with Gasteiger partial charge in [0.1, 0.15) is 11.5 Å². The number of ketones is 2. The number of carbonyl (C=O) groups excluding carboxylic acids is 3. The molecule has 38 heavy (non-hydrogen) atoms. The molecule has 1 spiro atoms. The summed E-state index contributed by atoms with van der Waals surface area (Å²) in [5, 5.41) is 14.8. The summed E-state index contributed by atoms with van der Waals surface area (Å²) < 4.78 is 0. The van der Waals surface area contributed by atoms with E-state index in [9.17, 15) is 19.5 Å². The van der Waals surface area contributed by atoms with Crippen molar-refractivity contribution < 1.29 is 19.5 Å². The van der Waals surface area contributed by atoms with Crippen LogP contribution >= 0.6 is 0 Å². The van der Waals surface area contributed by atoms with Gasteiger partial charge in [0.2, 0.25) is 5.91 Å². The van der Waals surface area contributed by atoms with Gasteiger partial charge in [0.05, 0.1) is 0 Å². The van der Waals surface area contributed by atoms with Crippen molar-refractivity contribution in [2.24, 2.45) is 29.1 Å². The average molecular weight is 513 g/mol. The normalized spacial score (nSPS) is 37.0. The van der Waals surface area contributed by atoms with Gasteiger partial charge in [-0.2, -0.15) is 0 Å². The zero-order valence-corrected chi connectivity index (χ0v) is 22.4. The minimum absolute atomic E-state index is 0.0223. The first-order valence-electron chi connectivity index (χ1n) is 13.5. The van der Waals surface area contributed by atoms with Crippen LogP contribution in [0.2, 0.25) is 0 Å². The smallest absolute Gasteiger partial charge is 0.235 e. The van der Waals surface area contributed by atoms with Crippen LogP contribution in [-0.4, -0.2) is 39.7 Å². The highest BCUT2D eigenvalue weighted by Crippen LogP contribution is 2.54. The van der Waals surface area contributed by atoms with Crippen molar-refractivity contribution in [3.05, 3.63) is 83.6 Å². The molecule has 2 heterocycles. The maximum absolute atomic E-state index is 14.1. The van der Waals surface area contributed by atoms with Gasteiger partial charge in [0.25, 0.3) is 0 Å². The molecule has 6 nitrogen and oxygen atoms in total. The Morgan fingerprint density at radius 3 is 2.58 bits per heavy atom. The van der Waals surface area contributed by atoms with E-state index in [1.165, 1.54) is 6.08 Å². The number of aromatic amines is 1. The first-order chi connectivity index (χ1) is 18.1. The van der Waals surface area contributed by atoms with E-state index in [-0.39, 0.29) is 35.5 Å². The van der Waals surface area contributed by atoms with Gasteiger partial charge in [-0.05, 0) is 67.9 Å². The third kappa shape index (κ3) is 4.21. The number of para-hydroxylation sites is 1. The van der Waals surface area contributed by atoms with Gasteiger partial charge in [0, 0.05) is 35.0 Å². The molecule has 5 rings (SSSR count). The number of rotatable bonds is 2. The maximum atomic E-state index is 14.1. The van der Waals surface area contributed by atoms with E-state index in [4.69, 9.17) is 0 Å². The van der Waals surface area contributed by atoms with Gasteiger partial charge in [-0.3, -0.25) is 14.4 Å². The Bertz CT molecular complexity index is 1410. The number of hydrogen-bond acceptors (Lipinski definition) is 4. The molecule has 0 saturated carbocycles. The van der Waals surface area contributed by atoms with Gasteiger partial charge in [-0.15, -0.1) is 0 Å². The van der Waals surface area contributed by atoms with Crippen molar-refractivity contribution in [1.29, 1.82) is 0 Å². The fourth-order valence-corrected chi connectivity index (χ4v) is 6.83. The number of aromatic nitrogens is 1. The second kappa shape index (κ2) is 9.99. The topological polar surface area (TPSA) is 99.3 Å². The summed E-state index contributed by atoms with van der Waals surface area (Å²) in [6.45, 7) is 7.90. The maximum Gasteiger partial charge on any atom is 0.235 e. The number of fused-ring (bicyclic) bond motifs is 1. The molecule has 3 aliphatic rings. The van der Waals surface area contributed by atoms with Crippen LogP contribution in [0, 0.1) is 29.1 Å². The molecule has 1 aliphatic heterocycles. The number of benzene rings is 1. The quantitative estimate of drug-likeness (QED) is 0.404. The van der Waals surface area contributed by atoms with Crippen molar-refractivity contribution in [2.45, 2.75) is 52.7 Å². The molecule has 1 aromatic carbocycles. The van der Waals surface area contributed by atoms with Crippen LogP contribution in [-0.2, 0) is 20.8 Å². The number of hydrogen-bond donors (Lipinski definition) is 3. The number of aliphatic hydroxyl groups excluding tert-OH is 1. The van der Waals surface area contributed by atoms with Crippen molar-refractivity contribution in [3.63, 3.8) is 0 Å². The SMILES string of the molecule is CC1=C[C@@H]2/C=C\C[C@H](C)/C=C(/C)[C@@H](O)C(=O)/C=C\C(=O)[C@]23C(=O)N[C@@H](Cc2c[nH]c4ccccc24)[C@@H]3[C@@H]1C. The van der Waals surface area contributed by atoms with Crippen LogP contribution in [0.1, 0.15) is 39.7 Å². The van der Waals surface area contributed by atoms with Crippen LogP contribution in [0.25, 0.3) is 10.9 Å². The summed E-state index contributed by atoms with van der Waals surface area (Å²) in [5.74, 6) is -1.92. The Kier molecular flexibility index (Phi) is 6.86. The predicted octanol–water partition coefficient (Wildman–Crippen LogP) is 4.62. The molecule has 1 fully saturated rings. The van der Waals surface area contributed by atoms with Gasteiger partial charge in [-0.25, -0.2) is 0 Å². The van der Waals surface area contributed by atoms with Crippen LogP contribution < -0.4 is 5.32 Å². The van der Waals surface area contributed by atoms with Crippen LogP contribution in [0.3, 0.4) is 0 Å². The first kappa shape index (κ1) is 26.1. The van der Waals surface area contributed by atoms with Crippen LogP contribution in [0.4, 0.5) is 0 Å². The van der Waals surface area contributed by atoms with Crippen molar-refractivity contribution >= 4 is 28.4 Å². The summed E-state index contributed by atoms with van der Waals surface area (Å²) in [6.07, 6.45) is 12.3. The number of carbonyl (C=O) groups is 3. The lowest BCUT2D eigenvalue weighted by Crippen LogP contribution is -2.51. The fourth-order valence-electron chi connectivity index (χ4n) is 6.83. The largest absolute Gasteiger partial charge is 0.381 e. The summed E-state index contributed by atoms with van der Waals surface area (Å²) in [5.41, 5.74) is 2.47. The van der Waals surface area contributed by atoms with E-state index >= 15 is 0 Å². The molecule has 1 amide bonds. The monoisotopic (exact) mass is 512 g/mol. The Balaban J connectivity index is 1.61. The van der Waals surface area contributed by atoms with Gasteiger partial charge in [0.15, 0.2) is 11.6 Å². The third-order valence-corrected chi connectivity index (χ3v) is 8.90. The van der Waals surface area contributed by atoms with E-state index in [1.54, 1.807) is 6.92 Å². The number of aliphatic hydroxyl groups is 1. The Morgan fingerprint density at radius 2 is 1.79 bits per heavy atom. The predicted molar refractivity (Wildman–Crippen MR) is 148 cm³/mol. The number of nitrogens with one attached hydrogen (secondary N) is 2. The molecule has 2 aliphatic carbocycles. The summed E-state index contributed by atoms with van der Waals surface area (Å²) in [4.78, 5) is 44.2. The molecule has 0 bridgehead atoms. The van der Waals surface area contributed by atoms with Gasteiger partial charge < -0.3 is 15.4 Å². The fraction of sp³-hybridized carbons (Fsp3) is 0.406. The van der Waals surface area contributed by atoms with Crippen molar-refractivity contribution in [3.8, 4) is 0 Å². The molecule has 1 saturated heterocycles. The molecule has 0 radical (unpaired) electrons. The number of allylic oxidation sites excluding steroid dienone is 6. The molecule has 7 atom stereocenters. The van der Waals surface area contributed by atoms with Gasteiger partial charge >= 0.3 is 0 Å². The van der Waals surface area contributed by atoms with Crippen molar-refractivity contribution in [2.75, 3.05) is 0 Å². The van der Waals surface area contributed by atoms with Crippen molar-refractivity contribution in [1.82, 2.24) is 10.3 Å². The van der Waals surface area contributed by atoms with E-state index in [0.717, 1.165) is 28.1 Å². The minimum atomic E-state index is -1.37. The third-order valence-electron chi connectivity index (χ3n) is 8.90. The minimum Gasteiger partial charge on any atom is -0.381 e. The first-order valence-corrected chi connectivity index (χ1v) is 13.5. The van der Waals surface area contributed by atoms with Crippen LogP contribution in [0.5, 0.6) is 0 Å². The van der Waals surface area contributed by atoms with E-state index in [1.807, 2.05) is 49.5 Å². The Hall–Kier alpha value is -3.51. The average Bonchev–Trinajstić information content (AvgIpc) is 3.43. The molecular formula is C32H36N2O4. The molecular weight excluding hydrogens is 476 g/mol. The second-order valence-electron chi connectivity index (χ2n) is 11.3. The summed E-state index contributed by atoms with van der Waals surface area (Å²) in [6, 6.07) is 7.82. The molecule has 1 aromatic heterocycles. The van der Waals surface area contributed by atoms with Gasteiger partial charge in [-0.1, -0.05) is 61.9 Å². The highest BCUT2D eigenvalue weighted by molar-refractivity contribution is 6.15. The standard InChI is InChI=1S/C32H36N2O4/c1-18-8-7-9-23-15-19(2)21(4)29-26(16-22-17-33-25-11-6-5-10-24(22)25)34-31(38)32(23,29)28(36)13-12-27(35)30(37)20(3)14-18/h5-7,9-15,17-18,21,23,26,29-30,33,37H,8,16H2,1-4H3,(H,34,38)/b9-7-,13-12-,20-14-/t18-,21+,23-,26-,29-,30+,32+/m0/s1. The zero-order valence-electron chi connectivity index (χ0n) is 22.4. The lowest BCUT2D eigenvalue weighted by atomic mass is 9.55. The van der Waals surface area contributed by atoms with E-state index in [0.29, 0.717) is 18.4 Å². The molecule has 0 unspecified atom stereocenters. The second-order valence-corrected chi connectivity index (χ2v) is 11.3. The highest BCUT2D eigenvalue weighted by atomic mass is 16.3. The molecule has 6 heteroatoms. The van der Waals surface area contributed by atoms with Crippen LogP contribution in [0.15, 0.2) is 78.1 Å².